The summed E-state index contributed by atoms with van der Waals surface area (Å²) in [6, 6.07) is 4.59. The van der Waals surface area contributed by atoms with Crippen molar-refractivity contribution in [1.29, 1.82) is 5.26 Å². The molecule has 3 nitrogen and oxygen atoms in total. The first kappa shape index (κ1) is 11.6. The number of nitriles is 1. The number of hydrogen-bond acceptors (Lipinski definition) is 2. The maximum atomic E-state index is 13.4. The second-order valence-corrected chi connectivity index (χ2v) is 4.46. The summed E-state index contributed by atoms with van der Waals surface area (Å²) in [5, 5.41) is 14.2. The standard InChI is InChI=1S/C8H4BrFN3.Tl/c9-8(13)5-1-4(3-11)2-6(10)7(5)12;/h1-2,12-13H;/q-1;+1/p+1. The molecule has 0 heterocycles. The van der Waals surface area contributed by atoms with Gasteiger partial charge >= 0.3 is 106 Å². The Balaban J connectivity index is 3.45. The van der Waals surface area contributed by atoms with Gasteiger partial charge in [-0.3, -0.25) is 0 Å². The molecule has 1 aromatic rings. The second-order valence-electron chi connectivity index (χ2n) is 2.48. The van der Waals surface area contributed by atoms with Crippen LogP contribution in [0.5, 0.6) is 0 Å². The summed E-state index contributed by atoms with van der Waals surface area (Å²) in [7, 11) is 0. The molecule has 14 heavy (non-hydrogen) atoms. The van der Waals surface area contributed by atoms with Gasteiger partial charge in [-0.2, -0.15) is 0 Å². The molecule has 0 spiro atoms. The molecule has 0 aliphatic heterocycles. The quantitative estimate of drug-likeness (QED) is 0.500. The van der Waals surface area contributed by atoms with Gasteiger partial charge in [-0.05, 0) is 0 Å². The van der Waals surface area contributed by atoms with Crippen molar-refractivity contribution in [2.45, 2.75) is 0 Å². The van der Waals surface area contributed by atoms with Crippen LogP contribution in [-0.2, 0) is 0 Å². The van der Waals surface area contributed by atoms with E-state index in [-0.39, 0.29) is 5.56 Å². The summed E-state index contributed by atoms with van der Waals surface area (Å²) in [5.74, 6) is -0.455. The van der Waals surface area contributed by atoms with Gasteiger partial charge in [-0.25, -0.2) is 0 Å². The Morgan fingerprint density at radius 2 is 2.29 bits per heavy atom. The van der Waals surface area contributed by atoms with Crippen LogP contribution in [0.4, 0.5) is 10.1 Å². The topological polar surface area (TPSA) is 61.4 Å². The first-order valence-electron chi connectivity index (χ1n) is 3.58. The number of nitrogens with two attached hydrogens (primary N) is 1. The third kappa shape index (κ3) is 2.30. The average Bonchev–Trinajstić information content (AvgIpc) is 2.16. The molecule has 1 aromatic carbocycles. The van der Waals surface area contributed by atoms with E-state index in [0.29, 0.717) is 41.9 Å². The third-order valence-corrected chi connectivity index (χ3v) is 3.17. The average molecular weight is 446 g/mol. The van der Waals surface area contributed by atoms with Gasteiger partial charge in [-0.1, -0.05) is 0 Å². The van der Waals surface area contributed by atoms with E-state index < -0.39 is 5.82 Å². The number of benzene rings is 1. The zero-order valence-corrected chi connectivity index (χ0v) is 13.1. The van der Waals surface area contributed by atoms with Crippen LogP contribution in [0.3, 0.4) is 0 Å². The van der Waals surface area contributed by atoms with Gasteiger partial charge in [0.2, 0.25) is 0 Å². The zero-order chi connectivity index (χ0) is 10.7. The predicted octanol–water partition coefficient (Wildman–Crippen LogP) is 0.0934. The van der Waals surface area contributed by atoms with Crippen molar-refractivity contribution < 1.29 is 9.80 Å². The van der Waals surface area contributed by atoms with E-state index in [1.807, 2.05) is 6.07 Å². The summed E-state index contributed by atoms with van der Waals surface area (Å²) in [5.41, 5.74) is 1.09. The van der Waals surface area contributed by atoms with E-state index in [4.69, 9.17) is 10.7 Å². The predicted molar refractivity (Wildman–Crippen MR) is 55.5 cm³/mol. The van der Waals surface area contributed by atoms with Crippen molar-refractivity contribution in [3.8, 4) is 6.07 Å². The van der Waals surface area contributed by atoms with E-state index in [2.05, 4.69) is 19.1 Å². The molecule has 68 valence electrons. The number of anilines is 1. The minimum atomic E-state index is -0.455. The first-order valence-corrected chi connectivity index (χ1v) is 6.62. The van der Waals surface area contributed by atoms with Crippen LogP contribution in [0.2, 0.25) is 0 Å². The van der Waals surface area contributed by atoms with Gasteiger partial charge < -0.3 is 0 Å². The molecular formula is C8H5BrFN3Tl+. The molecular weight excluding hydrogens is 441 g/mol. The molecule has 0 aromatic heterocycles. The Morgan fingerprint density at radius 1 is 1.64 bits per heavy atom. The van der Waals surface area contributed by atoms with E-state index in [1.54, 1.807) is 0 Å². The Bertz CT molecular complexity index is 427. The van der Waals surface area contributed by atoms with Crippen LogP contribution in [0.15, 0.2) is 12.1 Å². The molecule has 3 N–H and O–H groups in total. The van der Waals surface area contributed by atoms with Gasteiger partial charge in [-0.15, -0.1) is 0 Å². The van der Waals surface area contributed by atoms with E-state index in [1.165, 1.54) is 12.1 Å². The summed E-state index contributed by atoms with van der Waals surface area (Å²) < 4.78 is 16.5. The van der Waals surface area contributed by atoms with Crippen molar-refractivity contribution in [2.75, 3.05) is 3.13 Å². The van der Waals surface area contributed by atoms with Gasteiger partial charge in [0.15, 0.2) is 0 Å². The van der Waals surface area contributed by atoms with Crippen molar-refractivity contribution in [3.05, 3.63) is 29.1 Å². The Kier molecular flexibility index (Phi) is 4.00. The molecule has 6 heteroatoms. The summed E-state index contributed by atoms with van der Waals surface area (Å²) in [6.45, 7) is 0. The molecule has 0 aliphatic rings. The number of halogens is 2. The van der Waals surface area contributed by atoms with Gasteiger partial charge in [0, 0.05) is 0 Å². The molecule has 0 radical (unpaired) electrons. The Labute approximate surface area is 105 Å². The van der Waals surface area contributed by atoms with Crippen LogP contribution in [0, 0.1) is 17.1 Å². The van der Waals surface area contributed by atoms with E-state index >= 15 is 0 Å². The number of nitrogens with zero attached hydrogens (tertiary/aromatic N) is 1. The third-order valence-electron chi connectivity index (χ3n) is 1.62. The van der Waals surface area contributed by atoms with Gasteiger partial charge in [0.25, 0.3) is 0 Å². The molecule has 0 aliphatic carbocycles. The molecule has 0 saturated heterocycles. The SMILES string of the molecule is N#Cc1cc(F)c([NH][Tl])c(C(=[NH2+])Br)c1. The molecule has 0 atom stereocenters. The molecule has 0 fully saturated rings. The fourth-order valence-corrected chi connectivity index (χ4v) is 2.46. The fourth-order valence-electron chi connectivity index (χ4n) is 1.01. The normalized spacial score (nSPS) is 9.14. The monoisotopic (exact) mass is 446 g/mol. The molecule has 1 rings (SSSR count). The van der Waals surface area contributed by atoms with Crippen LogP contribution in [-0.4, -0.2) is 30.7 Å². The Morgan fingerprint density at radius 3 is 2.71 bits per heavy atom. The van der Waals surface area contributed by atoms with Crippen LogP contribution >= 0.6 is 15.9 Å². The van der Waals surface area contributed by atoms with Crippen LogP contribution in [0.25, 0.3) is 0 Å². The first-order chi connectivity index (χ1) is 6.60. The number of nitrogens with one attached hydrogen (secondary N) is 1. The van der Waals surface area contributed by atoms with Gasteiger partial charge in [0.05, 0.1) is 0 Å². The molecule has 0 amide bonds. The summed E-state index contributed by atoms with van der Waals surface area (Å²) in [4.78, 5) is 0. The molecule has 0 bridgehead atoms. The minimum absolute atomic E-state index is 0.254. The number of hydrogen-bond donors (Lipinski definition) is 2. The second kappa shape index (κ2) is 4.84. The Hall–Kier alpha value is -0.488. The van der Waals surface area contributed by atoms with Crippen LogP contribution in [0.1, 0.15) is 11.1 Å². The summed E-state index contributed by atoms with van der Waals surface area (Å²) >= 11 is 3.48. The fraction of sp³-hybridized carbons (Fsp3) is 0. The summed E-state index contributed by atoms with van der Waals surface area (Å²) in [6.07, 6.45) is 0. The van der Waals surface area contributed by atoms with Crippen molar-refractivity contribution in [3.63, 3.8) is 0 Å². The zero-order valence-electron chi connectivity index (χ0n) is 7.01. The molecule has 0 unspecified atom stereocenters. The van der Waals surface area contributed by atoms with Crippen molar-refractivity contribution in [2.24, 2.45) is 0 Å². The van der Waals surface area contributed by atoms with Gasteiger partial charge in [0.1, 0.15) is 0 Å². The van der Waals surface area contributed by atoms with Crippen LogP contribution < -0.4 is 8.54 Å². The van der Waals surface area contributed by atoms with E-state index in [0.717, 1.165) is 0 Å². The van der Waals surface area contributed by atoms with Crippen molar-refractivity contribution in [1.82, 2.24) is 0 Å². The van der Waals surface area contributed by atoms with Crippen molar-refractivity contribution >= 4 is 52.3 Å². The molecule has 0 saturated carbocycles. The number of rotatable bonds is 2. The maximum absolute atomic E-state index is 13.4. The van der Waals surface area contributed by atoms with E-state index in [9.17, 15) is 4.39 Å².